The molecule has 1 heteroatoms. The molecule has 31 heavy (non-hydrogen) atoms. The van der Waals surface area contributed by atoms with Gasteiger partial charge >= 0.3 is 0 Å². The fourth-order valence-electron chi connectivity index (χ4n) is 5.25. The smallest absolute Gasteiger partial charge is 0.0361 e. The van der Waals surface area contributed by atoms with Gasteiger partial charge in [-0.1, -0.05) is 77.9 Å². The molecule has 0 fully saturated rings. The Bertz CT molecular complexity index is 1290. The van der Waals surface area contributed by atoms with E-state index in [-0.39, 0.29) is 10.8 Å². The topological polar surface area (TPSA) is 0 Å². The Hall–Kier alpha value is -2.12. The van der Waals surface area contributed by atoms with Crippen molar-refractivity contribution < 1.29 is 0 Å². The summed E-state index contributed by atoms with van der Waals surface area (Å²) in [4.78, 5) is 0. The van der Waals surface area contributed by atoms with Crippen LogP contribution in [-0.2, 0) is 23.7 Å². The quantitative estimate of drug-likeness (QED) is 0.284. The van der Waals surface area contributed by atoms with Crippen molar-refractivity contribution >= 4 is 31.5 Å². The fraction of sp³-hybridized carbons (Fsp3) is 0.400. The van der Waals surface area contributed by atoms with Gasteiger partial charge in [-0.05, 0) is 82.0 Å². The van der Waals surface area contributed by atoms with Gasteiger partial charge in [0.05, 0.1) is 0 Å². The average Bonchev–Trinajstić information content (AvgIpc) is 3.08. The molecule has 1 heterocycles. The lowest BCUT2D eigenvalue weighted by Crippen LogP contribution is -2.18. The second-order valence-electron chi connectivity index (χ2n) is 11.3. The van der Waals surface area contributed by atoms with Crippen LogP contribution in [0.25, 0.3) is 31.3 Å². The van der Waals surface area contributed by atoms with Crippen LogP contribution in [0.4, 0.5) is 0 Å². The Balaban J connectivity index is 1.66. The highest BCUT2D eigenvalue weighted by atomic mass is 32.1. The van der Waals surface area contributed by atoms with Crippen molar-refractivity contribution in [3.8, 4) is 11.1 Å². The Kier molecular flexibility index (Phi) is 4.83. The van der Waals surface area contributed by atoms with Gasteiger partial charge in [0.2, 0.25) is 0 Å². The van der Waals surface area contributed by atoms with Gasteiger partial charge in [0, 0.05) is 20.2 Å². The Morgan fingerprint density at radius 2 is 1.29 bits per heavy atom. The molecule has 1 aliphatic carbocycles. The monoisotopic (exact) mass is 426 g/mol. The summed E-state index contributed by atoms with van der Waals surface area (Å²) < 4.78 is 2.81. The van der Waals surface area contributed by atoms with Crippen LogP contribution >= 0.6 is 11.3 Å². The van der Waals surface area contributed by atoms with Gasteiger partial charge < -0.3 is 0 Å². The summed E-state index contributed by atoms with van der Waals surface area (Å²) in [6, 6.07) is 19.0. The SMILES string of the molecule is CC(C)(C)c1ccc2c(c1)sc1cc(-c3ccc(C(C)(C)C)c4c3CCCC4)ccc12. The summed E-state index contributed by atoms with van der Waals surface area (Å²) in [7, 11) is 0. The second kappa shape index (κ2) is 7.20. The van der Waals surface area contributed by atoms with Crippen LogP contribution < -0.4 is 0 Å². The predicted octanol–water partition coefficient (Wildman–Crippen LogP) is 9.20. The van der Waals surface area contributed by atoms with Gasteiger partial charge in [-0.15, -0.1) is 11.3 Å². The maximum absolute atomic E-state index is 2.44. The Labute approximate surface area is 191 Å². The summed E-state index contributed by atoms with van der Waals surface area (Å²) in [5.74, 6) is 0. The number of thiophene rings is 1. The van der Waals surface area contributed by atoms with E-state index >= 15 is 0 Å². The van der Waals surface area contributed by atoms with Crippen LogP contribution in [0.1, 0.15) is 76.6 Å². The third-order valence-electron chi connectivity index (χ3n) is 6.99. The largest absolute Gasteiger partial charge is 0.135 e. The van der Waals surface area contributed by atoms with Gasteiger partial charge in [-0.2, -0.15) is 0 Å². The van der Waals surface area contributed by atoms with Gasteiger partial charge in [-0.25, -0.2) is 0 Å². The molecule has 0 unspecified atom stereocenters. The minimum absolute atomic E-state index is 0.184. The Morgan fingerprint density at radius 1 is 0.645 bits per heavy atom. The summed E-state index contributed by atoms with van der Waals surface area (Å²) >= 11 is 1.95. The highest BCUT2D eigenvalue weighted by Gasteiger charge is 2.24. The molecule has 0 saturated carbocycles. The predicted molar refractivity (Wildman–Crippen MR) is 139 cm³/mol. The Morgan fingerprint density at radius 3 is 1.97 bits per heavy atom. The first-order chi connectivity index (χ1) is 14.6. The van der Waals surface area contributed by atoms with E-state index in [1.165, 1.54) is 62.5 Å². The van der Waals surface area contributed by atoms with Crippen molar-refractivity contribution in [3.05, 3.63) is 70.8 Å². The number of benzene rings is 3. The van der Waals surface area contributed by atoms with Crippen LogP contribution in [0.3, 0.4) is 0 Å². The summed E-state index contributed by atoms with van der Waals surface area (Å²) in [5, 5.41) is 2.79. The zero-order valence-electron chi connectivity index (χ0n) is 19.9. The number of rotatable bonds is 1. The van der Waals surface area contributed by atoms with E-state index in [0.717, 1.165) is 0 Å². The molecule has 0 saturated heterocycles. The average molecular weight is 427 g/mol. The van der Waals surface area contributed by atoms with E-state index < -0.39 is 0 Å². The maximum atomic E-state index is 2.44. The van der Waals surface area contributed by atoms with Crippen LogP contribution in [0.5, 0.6) is 0 Å². The van der Waals surface area contributed by atoms with Crippen molar-refractivity contribution in [2.45, 2.75) is 78.1 Å². The fourth-order valence-corrected chi connectivity index (χ4v) is 6.44. The number of hydrogen-bond donors (Lipinski definition) is 0. The number of hydrogen-bond acceptors (Lipinski definition) is 1. The first-order valence-electron chi connectivity index (χ1n) is 11.8. The highest BCUT2D eigenvalue weighted by Crippen LogP contribution is 2.41. The van der Waals surface area contributed by atoms with Crippen molar-refractivity contribution in [2.75, 3.05) is 0 Å². The molecule has 5 rings (SSSR count). The maximum Gasteiger partial charge on any atom is 0.0361 e. The van der Waals surface area contributed by atoms with Crippen LogP contribution in [0.15, 0.2) is 48.5 Å². The summed E-state index contributed by atoms with van der Waals surface area (Å²) in [5.41, 5.74) is 9.42. The molecule has 0 nitrogen and oxygen atoms in total. The second-order valence-corrected chi connectivity index (χ2v) is 12.4. The van der Waals surface area contributed by atoms with E-state index in [0.29, 0.717) is 0 Å². The molecular weight excluding hydrogens is 392 g/mol. The van der Waals surface area contributed by atoms with Crippen LogP contribution in [0, 0.1) is 0 Å². The van der Waals surface area contributed by atoms with Gasteiger partial charge in [0.15, 0.2) is 0 Å². The minimum Gasteiger partial charge on any atom is -0.135 e. The zero-order chi connectivity index (χ0) is 22.0. The van der Waals surface area contributed by atoms with Crippen molar-refractivity contribution in [3.63, 3.8) is 0 Å². The van der Waals surface area contributed by atoms with Gasteiger partial charge in [0.25, 0.3) is 0 Å². The summed E-state index contributed by atoms with van der Waals surface area (Å²) in [6.07, 6.45) is 5.09. The molecule has 1 aliphatic rings. The normalized spacial score (nSPS) is 14.9. The van der Waals surface area contributed by atoms with E-state index in [4.69, 9.17) is 0 Å². The third-order valence-corrected chi connectivity index (χ3v) is 8.11. The lowest BCUT2D eigenvalue weighted by molar-refractivity contribution is 0.569. The van der Waals surface area contributed by atoms with Crippen molar-refractivity contribution in [1.82, 2.24) is 0 Å². The van der Waals surface area contributed by atoms with Crippen LogP contribution in [-0.4, -0.2) is 0 Å². The summed E-state index contributed by atoms with van der Waals surface area (Å²) in [6.45, 7) is 13.9. The van der Waals surface area contributed by atoms with Gasteiger partial charge in [-0.3, -0.25) is 0 Å². The van der Waals surface area contributed by atoms with Gasteiger partial charge in [0.1, 0.15) is 0 Å². The molecule has 0 aliphatic heterocycles. The molecule has 0 N–H and O–H groups in total. The van der Waals surface area contributed by atoms with E-state index in [1.54, 1.807) is 16.7 Å². The highest BCUT2D eigenvalue weighted by molar-refractivity contribution is 7.25. The molecule has 1 aromatic heterocycles. The number of fused-ring (bicyclic) bond motifs is 4. The van der Waals surface area contributed by atoms with Crippen molar-refractivity contribution in [1.29, 1.82) is 0 Å². The van der Waals surface area contributed by atoms with E-state index in [2.05, 4.69) is 90.1 Å². The molecule has 0 radical (unpaired) electrons. The molecule has 0 spiro atoms. The third kappa shape index (κ3) is 3.61. The first-order valence-corrected chi connectivity index (χ1v) is 12.6. The molecule has 3 aromatic carbocycles. The minimum atomic E-state index is 0.184. The van der Waals surface area contributed by atoms with Crippen LogP contribution in [0.2, 0.25) is 0 Å². The van der Waals surface area contributed by atoms with E-state index in [1.807, 2.05) is 11.3 Å². The van der Waals surface area contributed by atoms with Crippen molar-refractivity contribution in [2.24, 2.45) is 0 Å². The van der Waals surface area contributed by atoms with E-state index in [9.17, 15) is 0 Å². The molecular formula is C30H34S. The molecule has 0 bridgehead atoms. The molecule has 4 aromatic rings. The molecule has 160 valence electrons. The zero-order valence-corrected chi connectivity index (χ0v) is 20.7. The lowest BCUT2D eigenvalue weighted by Gasteiger charge is -2.29. The lowest BCUT2D eigenvalue weighted by atomic mass is 9.75. The first kappa shape index (κ1) is 20.8. The standard InChI is InChI=1S/C30H34S/c1-29(2,3)20-12-14-25-24-13-11-19(17-27(24)31-28(25)18-20)21-15-16-26(30(4,5)6)23-10-8-7-9-22(21)23/h11-18H,7-10H2,1-6H3. The molecule has 0 amide bonds. The molecule has 0 atom stereocenters.